The summed E-state index contributed by atoms with van der Waals surface area (Å²) in [5.41, 5.74) is 2.35. The third-order valence-electron chi connectivity index (χ3n) is 8.04. The quantitative estimate of drug-likeness (QED) is 0.309. The van der Waals surface area contributed by atoms with Gasteiger partial charge in [0.05, 0.1) is 11.3 Å². The van der Waals surface area contributed by atoms with Crippen LogP contribution in [0.3, 0.4) is 0 Å². The molecule has 0 aliphatic carbocycles. The summed E-state index contributed by atoms with van der Waals surface area (Å²) in [6.07, 6.45) is 4.63. The number of nitrogens with zero attached hydrogens (tertiary/aromatic N) is 4. The lowest BCUT2D eigenvalue weighted by molar-refractivity contribution is 0.0945. The number of fused-ring (bicyclic) bond motifs is 2. The van der Waals surface area contributed by atoms with Crippen molar-refractivity contribution in [2.24, 2.45) is 0 Å². The maximum absolute atomic E-state index is 13.8. The molecule has 1 amide bonds. The summed E-state index contributed by atoms with van der Waals surface area (Å²) in [6, 6.07) is 14.0. The number of pyridine rings is 1. The summed E-state index contributed by atoms with van der Waals surface area (Å²) in [4.78, 5) is 38.7. The molecule has 1 aliphatic rings. The summed E-state index contributed by atoms with van der Waals surface area (Å²) in [7, 11) is -6.31. The minimum atomic E-state index is -3.62. The van der Waals surface area contributed by atoms with E-state index in [9.17, 15) is 18.0 Å². The molecule has 2 aromatic carbocycles. The van der Waals surface area contributed by atoms with Gasteiger partial charge in [-0.15, -0.1) is 0 Å². The van der Waals surface area contributed by atoms with Crippen molar-refractivity contribution < 1.29 is 18.0 Å². The predicted molar refractivity (Wildman–Crippen MR) is 160 cm³/mol. The third kappa shape index (κ3) is 5.45. The van der Waals surface area contributed by atoms with Crippen LogP contribution in [0.5, 0.6) is 0 Å². The first-order valence-corrected chi connectivity index (χ1v) is 18.1. The van der Waals surface area contributed by atoms with Gasteiger partial charge < -0.3 is 10.1 Å². The Kier molecular flexibility index (Phi) is 7.40. The Hall–Kier alpha value is -3.41. The van der Waals surface area contributed by atoms with Gasteiger partial charge >= 0.3 is 0 Å². The lowest BCUT2D eigenvalue weighted by atomic mass is 9.98. The molecule has 40 heavy (non-hydrogen) atoms. The second kappa shape index (κ2) is 10.5. The van der Waals surface area contributed by atoms with Crippen molar-refractivity contribution in [2.75, 3.05) is 16.6 Å². The number of hydrogen-bond donors (Lipinski definition) is 2. The molecule has 0 saturated carbocycles. The van der Waals surface area contributed by atoms with E-state index in [1.165, 1.54) is 16.7 Å². The molecule has 1 saturated heterocycles. The second-order valence-electron chi connectivity index (χ2n) is 11.6. The lowest BCUT2D eigenvalue weighted by Gasteiger charge is -2.36. The van der Waals surface area contributed by atoms with E-state index in [0.29, 0.717) is 35.9 Å². The number of hydrogen-bond acceptors (Lipinski definition) is 7. The molecule has 4 aromatic rings. The van der Waals surface area contributed by atoms with Gasteiger partial charge in [-0.3, -0.25) is 14.1 Å². The molecule has 1 fully saturated rings. The average Bonchev–Trinajstić information content (AvgIpc) is 2.91. The number of rotatable bonds is 7. The van der Waals surface area contributed by atoms with E-state index < -0.39 is 29.3 Å². The van der Waals surface area contributed by atoms with Crippen LogP contribution >= 0.6 is 0 Å². The summed E-state index contributed by atoms with van der Waals surface area (Å²) < 4.78 is 27.4. The summed E-state index contributed by atoms with van der Waals surface area (Å²) in [6.45, 7) is 8.21. The van der Waals surface area contributed by atoms with Gasteiger partial charge in [0.25, 0.3) is 5.91 Å². The van der Waals surface area contributed by atoms with E-state index >= 15 is 0 Å². The average molecular weight is 578 g/mol. The van der Waals surface area contributed by atoms with E-state index in [1.54, 1.807) is 0 Å². The topological polar surface area (TPSA) is 125 Å². The molecule has 210 valence electrons. The van der Waals surface area contributed by atoms with Crippen molar-refractivity contribution in [3.63, 3.8) is 0 Å². The molecule has 2 N–H and O–H groups in total. The molecular weight excluding hydrogens is 543 g/mol. The molecular formula is C29H35N5O4SSi. The van der Waals surface area contributed by atoms with Gasteiger partial charge in [-0.1, -0.05) is 50.2 Å². The zero-order chi connectivity index (χ0) is 28.7. The number of nitrogens with one attached hydrogen (secondary N) is 1. The van der Waals surface area contributed by atoms with Gasteiger partial charge in [0.2, 0.25) is 10.0 Å². The predicted octanol–water partition coefficient (Wildman–Crippen LogP) is 4.56. The lowest BCUT2D eigenvalue weighted by Crippen LogP contribution is -2.41. The fraction of sp³-hybridized carbons (Fsp3) is 0.379. The molecule has 0 spiro atoms. The van der Waals surface area contributed by atoms with Gasteiger partial charge in [0.15, 0.2) is 14.1 Å². The normalized spacial score (nSPS) is 15.9. The van der Waals surface area contributed by atoms with E-state index in [1.807, 2.05) is 69.4 Å². The minimum Gasteiger partial charge on any atom is -0.432 e. The van der Waals surface area contributed by atoms with Gasteiger partial charge in [0, 0.05) is 31.0 Å². The Morgan fingerprint density at radius 2 is 1.75 bits per heavy atom. The van der Waals surface area contributed by atoms with Crippen molar-refractivity contribution in [3.05, 3.63) is 71.7 Å². The Labute approximate surface area is 235 Å². The number of benzene rings is 2. The number of amides is 1. The minimum absolute atomic E-state index is 0.0129. The molecule has 0 bridgehead atoms. The Morgan fingerprint density at radius 3 is 2.45 bits per heavy atom. The maximum Gasteiger partial charge on any atom is 0.270 e. The molecule has 0 atom stereocenters. The van der Waals surface area contributed by atoms with Crippen LogP contribution in [-0.4, -0.2) is 54.7 Å². The maximum atomic E-state index is 13.8. The van der Waals surface area contributed by atoms with E-state index in [2.05, 4.69) is 15.3 Å². The monoisotopic (exact) mass is 577 g/mol. The van der Waals surface area contributed by atoms with Crippen molar-refractivity contribution in [1.29, 1.82) is 0 Å². The zero-order valence-corrected chi connectivity index (χ0v) is 25.1. The first-order valence-electron chi connectivity index (χ1n) is 13.5. The SMILES string of the molecule is CC(C)(Cc1c(C(=O)NCc2ccc3ccccc3c2)nc(N2CCCCS2(=O)=O)c2nccnc12)[Si](C)(C)O. The highest BCUT2D eigenvalue weighted by Gasteiger charge is 2.40. The molecule has 0 unspecified atom stereocenters. The van der Waals surface area contributed by atoms with E-state index in [0.717, 1.165) is 16.3 Å². The largest absolute Gasteiger partial charge is 0.432 e. The van der Waals surface area contributed by atoms with Gasteiger partial charge in [-0.2, -0.15) is 0 Å². The van der Waals surface area contributed by atoms with E-state index in [-0.39, 0.29) is 30.4 Å². The Balaban J connectivity index is 1.61. The van der Waals surface area contributed by atoms with Crippen LogP contribution in [0.4, 0.5) is 5.82 Å². The fourth-order valence-electron chi connectivity index (χ4n) is 4.89. The smallest absolute Gasteiger partial charge is 0.270 e. The van der Waals surface area contributed by atoms with Gasteiger partial charge in [0.1, 0.15) is 11.2 Å². The highest BCUT2D eigenvalue weighted by molar-refractivity contribution is 7.92. The van der Waals surface area contributed by atoms with Crippen LogP contribution in [0, 0.1) is 0 Å². The molecule has 9 nitrogen and oxygen atoms in total. The molecule has 5 rings (SSSR count). The second-order valence-corrected chi connectivity index (χ2v) is 18.1. The molecule has 11 heteroatoms. The molecule has 3 heterocycles. The first kappa shape index (κ1) is 28.1. The Bertz CT molecular complexity index is 1700. The van der Waals surface area contributed by atoms with Crippen LogP contribution in [0.25, 0.3) is 21.8 Å². The van der Waals surface area contributed by atoms with Crippen LogP contribution in [-0.2, 0) is 23.0 Å². The molecule has 2 aromatic heterocycles. The van der Waals surface area contributed by atoms with Crippen molar-refractivity contribution >= 4 is 51.9 Å². The van der Waals surface area contributed by atoms with E-state index in [4.69, 9.17) is 4.98 Å². The number of carbonyl (C=O) groups is 1. The fourth-order valence-corrected chi connectivity index (χ4v) is 7.09. The zero-order valence-electron chi connectivity index (χ0n) is 23.3. The standard InChI is InChI=1S/C29H35N5O4SSi/c1-29(2,40(3,4)38)18-23-24-26(31-14-13-30-24)27(34-15-7-8-16-39(34,36)37)33-25(23)28(35)32-19-20-11-12-21-9-5-6-10-22(21)17-20/h5-6,9-14,17,38H,7-8,15-16,18-19H2,1-4H3,(H,32,35). The number of sulfonamides is 1. The van der Waals surface area contributed by atoms with Gasteiger partial charge in [-0.05, 0) is 59.8 Å². The van der Waals surface area contributed by atoms with Crippen LogP contribution in [0.15, 0.2) is 54.9 Å². The highest BCUT2D eigenvalue weighted by atomic mass is 32.2. The van der Waals surface area contributed by atoms with Crippen LogP contribution in [0.2, 0.25) is 18.1 Å². The summed E-state index contributed by atoms with van der Waals surface area (Å²) >= 11 is 0. The Morgan fingerprint density at radius 1 is 1.05 bits per heavy atom. The van der Waals surface area contributed by atoms with Crippen LogP contribution < -0.4 is 9.62 Å². The summed E-state index contributed by atoms with van der Waals surface area (Å²) in [5.74, 6) is -0.292. The molecule has 0 radical (unpaired) electrons. The summed E-state index contributed by atoms with van der Waals surface area (Å²) in [5, 5.41) is 4.64. The third-order valence-corrected chi connectivity index (χ3v) is 13.4. The van der Waals surface area contributed by atoms with Gasteiger partial charge in [-0.25, -0.2) is 18.4 Å². The molecule has 1 aliphatic heterocycles. The first-order chi connectivity index (χ1) is 18.9. The van der Waals surface area contributed by atoms with Crippen molar-refractivity contribution in [2.45, 2.75) is 57.8 Å². The van der Waals surface area contributed by atoms with Crippen molar-refractivity contribution in [1.82, 2.24) is 20.3 Å². The van der Waals surface area contributed by atoms with Crippen molar-refractivity contribution in [3.8, 4) is 0 Å². The highest BCUT2D eigenvalue weighted by Crippen LogP contribution is 2.41. The number of anilines is 1. The van der Waals surface area contributed by atoms with Crippen LogP contribution in [0.1, 0.15) is 48.3 Å². The number of aromatic nitrogens is 3. The number of carbonyl (C=O) groups excluding carboxylic acids is 1.